The molecule has 0 bridgehead atoms. The Balaban J connectivity index is 2.43. The molecule has 0 fully saturated rings. The zero-order chi connectivity index (χ0) is 11.1. The number of aliphatic hydroxyl groups excluding tert-OH is 2. The van der Waals surface area contributed by atoms with Gasteiger partial charge in [0.25, 0.3) is 0 Å². The van der Waals surface area contributed by atoms with Crippen molar-refractivity contribution >= 4 is 0 Å². The molecule has 15 heavy (non-hydrogen) atoms. The van der Waals surface area contributed by atoms with Crippen molar-refractivity contribution in [3.05, 3.63) is 29.8 Å². The van der Waals surface area contributed by atoms with Gasteiger partial charge in [0.1, 0.15) is 5.75 Å². The Labute approximate surface area is 90.3 Å². The van der Waals surface area contributed by atoms with Crippen LogP contribution in [0.5, 0.6) is 5.75 Å². The fourth-order valence-corrected chi connectivity index (χ4v) is 1.27. The highest BCUT2D eigenvalue weighted by atomic mass is 16.5. The molecule has 0 aliphatic carbocycles. The Bertz CT molecular complexity index is 284. The third-order valence-electron chi connectivity index (χ3n) is 2.16. The largest absolute Gasteiger partial charge is 0.494 e. The summed E-state index contributed by atoms with van der Waals surface area (Å²) >= 11 is 0. The predicted octanol–water partition coefficient (Wildman–Crippen LogP) is 1.89. The van der Waals surface area contributed by atoms with Crippen molar-refractivity contribution in [1.29, 1.82) is 0 Å². The molecular formula is C12H18O3. The van der Waals surface area contributed by atoms with Crippen molar-refractivity contribution < 1.29 is 14.9 Å². The molecule has 0 saturated carbocycles. The lowest BCUT2D eigenvalue weighted by Crippen LogP contribution is -1.99. The lowest BCUT2D eigenvalue weighted by atomic mass is 10.1. The average Bonchev–Trinajstić information content (AvgIpc) is 2.25. The molecule has 0 aromatic heterocycles. The van der Waals surface area contributed by atoms with Crippen molar-refractivity contribution in [2.75, 3.05) is 13.2 Å². The van der Waals surface area contributed by atoms with Gasteiger partial charge in [-0.05, 0) is 37.5 Å². The number of unbranched alkanes of at least 4 members (excludes halogenated alkanes) is 1. The molecule has 0 saturated heterocycles. The van der Waals surface area contributed by atoms with Gasteiger partial charge in [-0.15, -0.1) is 0 Å². The van der Waals surface area contributed by atoms with Gasteiger partial charge in [-0.1, -0.05) is 12.1 Å². The molecule has 1 atom stereocenters. The maximum absolute atomic E-state index is 9.37. The highest BCUT2D eigenvalue weighted by Gasteiger charge is 2.01. The van der Waals surface area contributed by atoms with Gasteiger partial charge in [0, 0.05) is 6.61 Å². The number of hydrogen-bond acceptors (Lipinski definition) is 3. The van der Waals surface area contributed by atoms with Crippen LogP contribution in [-0.2, 0) is 0 Å². The van der Waals surface area contributed by atoms with Crippen LogP contribution in [0.4, 0.5) is 0 Å². The number of benzene rings is 1. The Hall–Kier alpha value is -1.06. The van der Waals surface area contributed by atoms with Crippen LogP contribution in [0.2, 0.25) is 0 Å². The zero-order valence-electron chi connectivity index (χ0n) is 9.02. The molecular weight excluding hydrogens is 192 g/mol. The second-order valence-electron chi connectivity index (χ2n) is 3.53. The first kappa shape index (κ1) is 12.0. The molecule has 0 heterocycles. The number of hydrogen-bond donors (Lipinski definition) is 2. The van der Waals surface area contributed by atoms with Crippen molar-refractivity contribution in [2.24, 2.45) is 0 Å². The molecule has 0 radical (unpaired) electrons. The van der Waals surface area contributed by atoms with Gasteiger partial charge in [-0.3, -0.25) is 0 Å². The summed E-state index contributed by atoms with van der Waals surface area (Å²) in [5.74, 6) is 0.770. The maximum atomic E-state index is 9.37. The van der Waals surface area contributed by atoms with Crippen molar-refractivity contribution in [1.82, 2.24) is 0 Å². The first-order valence-electron chi connectivity index (χ1n) is 5.25. The van der Waals surface area contributed by atoms with E-state index in [-0.39, 0.29) is 6.61 Å². The fourth-order valence-electron chi connectivity index (χ4n) is 1.27. The van der Waals surface area contributed by atoms with Crippen LogP contribution in [-0.4, -0.2) is 23.4 Å². The summed E-state index contributed by atoms with van der Waals surface area (Å²) in [5.41, 5.74) is 0.856. The third kappa shape index (κ3) is 4.32. The first-order chi connectivity index (χ1) is 7.24. The highest BCUT2D eigenvalue weighted by Crippen LogP contribution is 2.18. The smallest absolute Gasteiger partial charge is 0.119 e. The van der Waals surface area contributed by atoms with E-state index in [1.165, 1.54) is 0 Å². The summed E-state index contributed by atoms with van der Waals surface area (Å²) in [6, 6.07) is 7.43. The van der Waals surface area contributed by atoms with E-state index in [9.17, 15) is 5.11 Å². The van der Waals surface area contributed by atoms with E-state index in [0.717, 1.165) is 24.2 Å². The molecule has 84 valence electrons. The summed E-state index contributed by atoms with van der Waals surface area (Å²) in [5, 5.41) is 18.0. The quantitative estimate of drug-likeness (QED) is 0.705. The fraction of sp³-hybridized carbons (Fsp3) is 0.500. The minimum absolute atomic E-state index is 0.205. The van der Waals surface area contributed by atoms with E-state index in [1.54, 1.807) is 6.92 Å². The second kappa shape index (κ2) is 6.43. The Morgan fingerprint density at radius 2 is 2.13 bits per heavy atom. The highest BCUT2D eigenvalue weighted by molar-refractivity contribution is 5.29. The van der Waals surface area contributed by atoms with Crippen LogP contribution in [0, 0.1) is 0 Å². The van der Waals surface area contributed by atoms with E-state index in [0.29, 0.717) is 6.61 Å². The van der Waals surface area contributed by atoms with Gasteiger partial charge in [-0.25, -0.2) is 0 Å². The Morgan fingerprint density at radius 3 is 2.80 bits per heavy atom. The van der Waals surface area contributed by atoms with Crippen LogP contribution >= 0.6 is 0 Å². The Morgan fingerprint density at radius 1 is 1.33 bits per heavy atom. The molecule has 0 aliphatic heterocycles. The molecule has 1 rings (SSSR count). The van der Waals surface area contributed by atoms with Gasteiger partial charge < -0.3 is 14.9 Å². The van der Waals surface area contributed by atoms with Crippen molar-refractivity contribution in [2.45, 2.75) is 25.9 Å². The Kier molecular flexibility index (Phi) is 5.15. The average molecular weight is 210 g/mol. The van der Waals surface area contributed by atoms with Crippen molar-refractivity contribution in [3.63, 3.8) is 0 Å². The summed E-state index contributed by atoms with van der Waals surface area (Å²) in [7, 11) is 0. The second-order valence-corrected chi connectivity index (χ2v) is 3.53. The molecule has 1 aromatic rings. The first-order valence-corrected chi connectivity index (χ1v) is 5.25. The normalized spacial score (nSPS) is 12.5. The topological polar surface area (TPSA) is 49.7 Å². The molecule has 2 N–H and O–H groups in total. The van der Waals surface area contributed by atoms with Gasteiger partial charge in [-0.2, -0.15) is 0 Å². The minimum Gasteiger partial charge on any atom is -0.494 e. The number of rotatable bonds is 6. The summed E-state index contributed by atoms with van der Waals surface area (Å²) < 4.78 is 5.48. The van der Waals surface area contributed by atoms with E-state index < -0.39 is 6.10 Å². The molecule has 3 nitrogen and oxygen atoms in total. The van der Waals surface area contributed by atoms with Crippen LogP contribution < -0.4 is 4.74 Å². The van der Waals surface area contributed by atoms with Gasteiger partial charge in [0.15, 0.2) is 0 Å². The summed E-state index contributed by atoms with van der Waals surface area (Å²) in [6.07, 6.45) is 1.14. The van der Waals surface area contributed by atoms with Crippen molar-refractivity contribution in [3.8, 4) is 5.75 Å². The molecule has 3 heteroatoms. The number of ether oxygens (including phenoxy) is 1. The van der Waals surface area contributed by atoms with E-state index >= 15 is 0 Å². The summed E-state index contributed by atoms with van der Waals surface area (Å²) in [4.78, 5) is 0. The zero-order valence-corrected chi connectivity index (χ0v) is 9.02. The molecule has 0 aliphatic rings. The van der Waals surface area contributed by atoms with Crippen LogP contribution in [0.1, 0.15) is 31.4 Å². The molecule has 0 amide bonds. The third-order valence-corrected chi connectivity index (χ3v) is 2.16. The van der Waals surface area contributed by atoms with Crippen LogP contribution in [0.3, 0.4) is 0 Å². The van der Waals surface area contributed by atoms with Gasteiger partial charge in [0.2, 0.25) is 0 Å². The number of aliphatic hydroxyl groups is 2. The van der Waals surface area contributed by atoms with Gasteiger partial charge in [0.05, 0.1) is 12.7 Å². The maximum Gasteiger partial charge on any atom is 0.119 e. The van der Waals surface area contributed by atoms with Crippen LogP contribution in [0.25, 0.3) is 0 Å². The summed E-state index contributed by atoms with van der Waals surface area (Å²) in [6.45, 7) is 2.53. The van der Waals surface area contributed by atoms with Gasteiger partial charge >= 0.3 is 0 Å². The molecule has 0 spiro atoms. The molecule has 1 aromatic carbocycles. The predicted molar refractivity (Wildman–Crippen MR) is 58.9 cm³/mol. The lowest BCUT2D eigenvalue weighted by molar-refractivity contribution is 0.198. The van der Waals surface area contributed by atoms with E-state index in [4.69, 9.17) is 9.84 Å². The lowest BCUT2D eigenvalue weighted by Gasteiger charge is -2.09. The monoisotopic (exact) mass is 210 g/mol. The van der Waals surface area contributed by atoms with E-state index in [1.807, 2.05) is 24.3 Å². The SMILES string of the molecule is C[C@H](O)c1cccc(OCCCCO)c1. The van der Waals surface area contributed by atoms with E-state index in [2.05, 4.69) is 0 Å². The standard InChI is InChI=1S/C12H18O3/c1-10(14)11-5-4-6-12(9-11)15-8-3-2-7-13/h4-6,9-10,13-14H,2-3,7-8H2,1H3/t10-/m0/s1. The minimum atomic E-state index is -0.467. The van der Waals surface area contributed by atoms with Crippen LogP contribution in [0.15, 0.2) is 24.3 Å². The molecule has 0 unspecified atom stereocenters.